The highest BCUT2D eigenvalue weighted by Gasteiger charge is 2.15. The van der Waals surface area contributed by atoms with Gasteiger partial charge < -0.3 is 5.73 Å². The van der Waals surface area contributed by atoms with Crippen molar-refractivity contribution in [3.05, 3.63) is 31.4 Å². The number of nitrogen functional groups attached to an aromatic ring is 1. The van der Waals surface area contributed by atoms with Gasteiger partial charge in [-0.3, -0.25) is 4.98 Å². The number of aromatic nitrogens is 3. The van der Waals surface area contributed by atoms with Crippen LogP contribution in [0.25, 0.3) is 11.5 Å². The number of pyridine rings is 1. The van der Waals surface area contributed by atoms with Gasteiger partial charge in [0.1, 0.15) is 11.5 Å². The molecule has 2 aromatic heterocycles. The Labute approximate surface area is 143 Å². The Kier molecular flexibility index (Phi) is 5.14. The van der Waals surface area contributed by atoms with E-state index < -0.39 is 0 Å². The third-order valence-corrected chi connectivity index (χ3v) is 4.47. The van der Waals surface area contributed by atoms with Crippen molar-refractivity contribution in [3.8, 4) is 11.5 Å². The minimum absolute atomic E-state index is 0.433. The molecular weight excluding hydrogens is 452 g/mol. The molecule has 4 nitrogen and oxygen atoms in total. The normalized spacial score (nSPS) is 11.1. The molecule has 0 radical (unpaired) electrons. The van der Waals surface area contributed by atoms with Crippen LogP contribution in [0, 0.1) is 5.92 Å². The van der Waals surface area contributed by atoms with E-state index in [0.717, 1.165) is 25.5 Å². The van der Waals surface area contributed by atoms with E-state index in [-0.39, 0.29) is 0 Å². The Morgan fingerprint density at radius 2 is 1.90 bits per heavy atom. The average Bonchev–Trinajstić information content (AvgIpc) is 2.34. The summed E-state index contributed by atoms with van der Waals surface area (Å²) < 4.78 is 2.48. The molecule has 0 aromatic carbocycles. The molecule has 20 heavy (non-hydrogen) atoms. The second-order valence-electron chi connectivity index (χ2n) is 4.78. The predicted octanol–water partition coefficient (Wildman–Crippen LogP) is 4.61. The monoisotopic (exact) mass is 462 g/mol. The van der Waals surface area contributed by atoms with Crippen molar-refractivity contribution in [3.63, 3.8) is 0 Å². The van der Waals surface area contributed by atoms with E-state index in [0.29, 0.717) is 23.3 Å². The van der Waals surface area contributed by atoms with Crippen molar-refractivity contribution in [2.45, 2.75) is 20.3 Å². The van der Waals surface area contributed by atoms with Gasteiger partial charge in [0.15, 0.2) is 5.82 Å². The summed E-state index contributed by atoms with van der Waals surface area (Å²) in [5.41, 5.74) is 7.54. The lowest BCUT2D eigenvalue weighted by molar-refractivity contribution is 0.632. The number of halogens is 3. The Balaban J connectivity index is 2.54. The van der Waals surface area contributed by atoms with Crippen LogP contribution in [-0.4, -0.2) is 15.0 Å². The van der Waals surface area contributed by atoms with Gasteiger partial charge in [0.25, 0.3) is 0 Å². The number of hydrogen-bond donors (Lipinski definition) is 1. The topological polar surface area (TPSA) is 64.7 Å². The van der Waals surface area contributed by atoms with Crippen LogP contribution in [0.1, 0.15) is 19.5 Å². The van der Waals surface area contributed by atoms with Crippen molar-refractivity contribution < 1.29 is 0 Å². The molecule has 2 rings (SSSR count). The highest BCUT2D eigenvalue weighted by Crippen LogP contribution is 2.30. The third kappa shape index (κ3) is 3.56. The zero-order valence-corrected chi connectivity index (χ0v) is 15.8. The molecule has 0 fully saturated rings. The molecule has 2 aromatic rings. The molecule has 0 unspecified atom stereocenters. The maximum atomic E-state index is 5.96. The first-order valence-electron chi connectivity index (χ1n) is 6.01. The van der Waals surface area contributed by atoms with Crippen LogP contribution < -0.4 is 5.73 Å². The summed E-state index contributed by atoms with van der Waals surface area (Å²) >= 11 is 10.3. The number of anilines is 1. The summed E-state index contributed by atoms with van der Waals surface area (Å²) in [6.45, 7) is 4.27. The Bertz CT molecular complexity index is 644. The van der Waals surface area contributed by atoms with Crippen LogP contribution in [-0.2, 0) is 6.42 Å². The van der Waals surface area contributed by atoms with Gasteiger partial charge in [0, 0.05) is 15.1 Å². The lowest BCUT2D eigenvalue weighted by Crippen LogP contribution is -2.06. The Morgan fingerprint density at radius 1 is 1.20 bits per heavy atom. The van der Waals surface area contributed by atoms with Crippen molar-refractivity contribution in [1.29, 1.82) is 0 Å². The largest absolute Gasteiger partial charge is 0.383 e. The predicted molar refractivity (Wildman–Crippen MR) is 91.3 cm³/mol. The zero-order valence-electron chi connectivity index (χ0n) is 11.0. The molecule has 0 amide bonds. The molecular formula is C13H13Br3N4. The van der Waals surface area contributed by atoms with Crippen molar-refractivity contribution >= 4 is 53.6 Å². The molecule has 0 saturated heterocycles. The summed E-state index contributed by atoms with van der Waals surface area (Å²) in [4.78, 5) is 13.3. The summed E-state index contributed by atoms with van der Waals surface area (Å²) in [5.74, 6) is 1.44. The fourth-order valence-corrected chi connectivity index (χ4v) is 3.22. The van der Waals surface area contributed by atoms with Crippen LogP contribution in [0.5, 0.6) is 0 Å². The summed E-state index contributed by atoms with van der Waals surface area (Å²) in [7, 11) is 0. The van der Waals surface area contributed by atoms with E-state index >= 15 is 0 Å². The molecule has 0 saturated carbocycles. The van der Waals surface area contributed by atoms with Gasteiger partial charge in [-0.05, 0) is 66.2 Å². The lowest BCUT2D eigenvalue weighted by Gasteiger charge is -2.11. The summed E-state index contributed by atoms with van der Waals surface area (Å²) in [5, 5.41) is 0. The van der Waals surface area contributed by atoms with Gasteiger partial charge in [-0.2, -0.15) is 0 Å². The quantitative estimate of drug-likeness (QED) is 0.720. The third-order valence-electron chi connectivity index (χ3n) is 2.57. The van der Waals surface area contributed by atoms with E-state index in [1.165, 1.54) is 0 Å². The van der Waals surface area contributed by atoms with E-state index in [9.17, 15) is 0 Å². The van der Waals surface area contributed by atoms with Gasteiger partial charge >= 0.3 is 0 Å². The second-order valence-corrected chi connectivity index (χ2v) is 7.34. The summed E-state index contributed by atoms with van der Waals surface area (Å²) in [6, 6.07) is 1.91. The number of nitrogens with two attached hydrogens (primary N) is 1. The maximum absolute atomic E-state index is 5.96. The first-order valence-corrected chi connectivity index (χ1v) is 8.39. The first kappa shape index (κ1) is 15.9. The van der Waals surface area contributed by atoms with Crippen LogP contribution in [0.3, 0.4) is 0 Å². The molecule has 7 heteroatoms. The zero-order chi connectivity index (χ0) is 14.9. The van der Waals surface area contributed by atoms with Crippen LogP contribution in [0.2, 0.25) is 0 Å². The van der Waals surface area contributed by atoms with Gasteiger partial charge in [-0.1, -0.05) is 13.8 Å². The molecule has 0 aliphatic rings. The molecule has 2 heterocycles. The van der Waals surface area contributed by atoms with Crippen molar-refractivity contribution in [1.82, 2.24) is 15.0 Å². The second kappa shape index (κ2) is 6.49. The highest BCUT2D eigenvalue weighted by molar-refractivity contribution is 9.11. The van der Waals surface area contributed by atoms with Crippen LogP contribution in [0.15, 0.2) is 25.7 Å². The number of rotatable bonds is 3. The van der Waals surface area contributed by atoms with Crippen molar-refractivity contribution in [2.24, 2.45) is 5.92 Å². The lowest BCUT2D eigenvalue weighted by atomic mass is 10.1. The Morgan fingerprint density at radius 3 is 2.50 bits per heavy atom. The minimum Gasteiger partial charge on any atom is -0.383 e. The van der Waals surface area contributed by atoms with E-state index in [2.05, 4.69) is 76.6 Å². The average molecular weight is 465 g/mol. The summed E-state index contributed by atoms with van der Waals surface area (Å²) in [6.07, 6.45) is 2.54. The number of hydrogen-bond acceptors (Lipinski definition) is 4. The molecule has 0 spiro atoms. The molecule has 2 N–H and O–H groups in total. The fourth-order valence-electron chi connectivity index (χ4n) is 1.72. The molecule has 0 aliphatic heterocycles. The number of nitrogens with zero attached hydrogens (tertiary/aromatic N) is 3. The minimum atomic E-state index is 0.433. The van der Waals surface area contributed by atoms with E-state index in [1.54, 1.807) is 6.20 Å². The van der Waals surface area contributed by atoms with Gasteiger partial charge in [0.2, 0.25) is 0 Å². The standard InChI is InChI=1S/C13H13Br3N4/c1-6(2)3-9-10(16)12(17)20-13(19-9)11-8(15)4-7(14)5-18-11/h4-6H,3H2,1-2H3,(H2,17,19,20). The van der Waals surface area contributed by atoms with Crippen LogP contribution in [0.4, 0.5) is 5.82 Å². The van der Waals surface area contributed by atoms with E-state index in [1.807, 2.05) is 6.07 Å². The van der Waals surface area contributed by atoms with Gasteiger partial charge in [-0.15, -0.1) is 0 Å². The fraction of sp³-hybridized carbons (Fsp3) is 0.308. The maximum Gasteiger partial charge on any atom is 0.181 e. The first-order chi connectivity index (χ1) is 9.38. The van der Waals surface area contributed by atoms with Crippen LogP contribution >= 0.6 is 47.8 Å². The molecule has 0 atom stereocenters. The van der Waals surface area contributed by atoms with Crippen molar-refractivity contribution in [2.75, 3.05) is 5.73 Å². The Hall–Kier alpha value is -0.530. The molecule has 0 bridgehead atoms. The SMILES string of the molecule is CC(C)Cc1nc(-c2ncc(Br)cc2Br)nc(N)c1Br. The van der Waals surface area contributed by atoms with E-state index in [4.69, 9.17) is 5.73 Å². The molecule has 106 valence electrons. The highest BCUT2D eigenvalue weighted by atomic mass is 79.9. The van der Waals surface area contributed by atoms with Gasteiger partial charge in [-0.25, -0.2) is 9.97 Å². The van der Waals surface area contributed by atoms with Gasteiger partial charge in [0.05, 0.1) is 10.2 Å². The molecule has 0 aliphatic carbocycles. The smallest absolute Gasteiger partial charge is 0.181 e.